The van der Waals surface area contributed by atoms with Crippen LogP contribution < -0.4 is 0 Å². The van der Waals surface area contributed by atoms with Crippen LogP contribution in [0.25, 0.3) is 0 Å². The van der Waals surface area contributed by atoms with Gasteiger partial charge in [0.05, 0.1) is 9.49 Å². The van der Waals surface area contributed by atoms with E-state index < -0.39 is 19.3 Å². The minimum absolute atomic E-state index is 0.546. The highest BCUT2D eigenvalue weighted by atomic mass is 32.2. The first-order chi connectivity index (χ1) is 6.14. The van der Waals surface area contributed by atoms with E-state index in [1.807, 2.05) is 27.7 Å². The zero-order valence-corrected chi connectivity index (χ0v) is 10.7. The van der Waals surface area contributed by atoms with E-state index in [1.165, 1.54) is 0 Å². The maximum atomic E-state index is 12.2. The second kappa shape index (κ2) is 3.22. The lowest BCUT2D eigenvalue weighted by Crippen LogP contribution is -2.52. The summed E-state index contributed by atoms with van der Waals surface area (Å²) in [5.74, 6) is 0.559. The molecule has 0 aliphatic carbocycles. The molecule has 0 bridgehead atoms. The van der Waals surface area contributed by atoms with Gasteiger partial charge in [-0.15, -0.1) is 0 Å². The Morgan fingerprint density at radius 2 is 1.43 bits per heavy atom. The standard InChI is InChI=1S/C11H22O2S/c1-6-9-7-10(2,3)14(12,13)11(4,5)8-9/h9H,6-8H2,1-5H3. The fourth-order valence-electron chi connectivity index (χ4n) is 2.72. The maximum Gasteiger partial charge on any atom is 0.160 e. The monoisotopic (exact) mass is 218 g/mol. The van der Waals surface area contributed by atoms with Gasteiger partial charge in [-0.2, -0.15) is 0 Å². The smallest absolute Gasteiger partial charge is 0.160 e. The largest absolute Gasteiger partial charge is 0.228 e. The summed E-state index contributed by atoms with van der Waals surface area (Å²) in [6, 6.07) is 0. The molecule has 0 radical (unpaired) electrons. The SMILES string of the molecule is CCC1CC(C)(C)S(=O)(=O)C(C)(C)C1. The van der Waals surface area contributed by atoms with E-state index >= 15 is 0 Å². The summed E-state index contributed by atoms with van der Waals surface area (Å²) in [6.07, 6.45) is 2.72. The van der Waals surface area contributed by atoms with Gasteiger partial charge in [-0.05, 0) is 46.5 Å². The van der Waals surface area contributed by atoms with Gasteiger partial charge < -0.3 is 0 Å². The van der Waals surface area contributed by atoms with Gasteiger partial charge in [-0.25, -0.2) is 8.42 Å². The van der Waals surface area contributed by atoms with Crippen LogP contribution in [0.15, 0.2) is 0 Å². The van der Waals surface area contributed by atoms with Gasteiger partial charge in [0.1, 0.15) is 0 Å². The molecule has 1 saturated heterocycles. The molecule has 0 spiro atoms. The molecule has 1 fully saturated rings. The van der Waals surface area contributed by atoms with E-state index in [2.05, 4.69) is 6.92 Å². The van der Waals surface area contributed by atoms with Crippen molar-refractivity contribution in [1.29, 1.82) is 0 Å². The predicted octanol–water partition coefficient (Wildman–Crippen LogP) is 2.78. The number of sulfone groups is 1. The van der Waals surface area contributed by atoms with Crippen LogP contribution >= 0.6 is 0 Å². The van der Waals surface area contributed by atoms with Crippen LogP contribution in [-0.2, 0) is 9.84 Å². The molecule has 0 unspecified atom stereocenters. The minimum atomic E-state index is -2.98. The fourth-order valence-corrected chi connectivity index (χ4v) is 5.12. The molecule has 1 aliphatic rings. The molecule has 0 aromatic carbocycles. The molecule has 1 rings (SSSR count). The highest BCUT2D eigenvalue weighted by Crippen LogP contribution is 2.44. The highest BCUT2D eigenvalue weighted by Gasteiger charge is 2.51. The Bertz CT molecular complexity index is 288. The normalized spacial score (nSPS) is 30.1. The summed E-state index contributed by atoms with van der Waals surface area (Å²) in [4.78, 5) is 0. The van der Waals surface area contributed by atoms with Crippen molar-refractivity contribution in [2.45, 2.75) is 63.4 Å². The molecule has 0 aromatic rings. The van der Waals surface area contributed by atoms with Crippen LogP contribution in [0, 0.1) is 5.92 Å². The van der Waals surface area contributed by atoms with Crippen molar-refractivity contribution in [2.24, 2.45) is 5.92 Å². The van der Waals surface area contributed by atoms with E-state index in [-0.39, 0.29) is 0 Å². The van der Waals surface area contributed by atoms with Crippen molar-refractivity contribution in [3.63, 3.8) is 0 Å². The molecule has 0 atom stereocenters. The van der Waals surface area contributed by atoms with Crippen LogP contribution in [0.1, 0.15) is 53.9 Å². The van der Waals surface area contributed by atoms with Crippen molar-refractivity contribution < 1.29 is 8.42 Å². The van der Waals surface area contributed by atoms with Crippen molar-refractivity contribution in [1.82, 2.24) is 0 Å². The first-order valence-corrected chi connectivity index (χ1v) is 6.86. The number of hydrogen-bond acceptors (Lipinski definition) is 2. The van der Waals surface area contributed by atoms with E-state index in [4.69, 9.17) is 0 Å². The van der Waals surface area contributed by atoms with Gasteiger partial charge in [0.25, 0.3) is 0 Å². The van der Waals surface area contributed by atoms with Gasteiger partial charge >= 0.3 is 0 Å². The van der Waals surface area contributed by atoms with E-state index in [1.54, 1.807) is 0 Å². The van der Waals surface area contributed by atoms with Crippen molar-refractivity contribution in [3.8, 4) is 0 Å². The summed E-state index contributed by atoms with van der Waals surface area (Å²) in [5.41, 5.74) is 0. The zero-order chi connectivity index (χ0) is 11.2. The second-order valence-electron chi connectivity index (χ2n) is 5.71. The molecule has 0 aromatic heterocycles. The number of hydrogen-bond donors (Lipinski definition) is 0. The molecule has 14 heavy (non-hydrogen) atoms. The second-order valence-corrected chi connectivity index (χ2v) is 8.92. The third-order valence-corrected chi connectivity index (χ3v) is 6.84. The summed E-state index contributed by atoms with van der Waals surface area (Å²) >= 11 is 0. The summed E-state index contributed by atoms with van der Waals surface area (Å²) in [5, 5.41) is 0. The molecule has 0 amide bonds. The minimum Gasteiger partial charge on any atom is -0.228 e. The van der Waals surface area contributed by atoms with Crippen LogP contribution in [0.5, 0.6) is 0 Å². The van der Waals surface area contributed by atoms with E-state index in [9.17, 15) is 8.42 Å². The van der Waals surface area contributed by atoms with Crippen molar-refractivity contribution in [2.75, 3.05) is 0 Å². The number of rotatable bonds is 1. The maximum absolute atomic E-state index is 12.2. The molecular formula is C11H22O2S. The van der Waals surface area contributed by atoms with Crippen molar-refractivity contribution in [3.05, 3.63) is 0 Å². The van der Waals surface area contributed by atoms with Crippen LogP contribution in [-0.4, -0.2) is 17.9 Å². The Hall–Kier alpha value is -0.0500. The van der Waals surface area contributed by atoms with Gasteiger partial charge in [0, 0.05) is 0 Å². The first kappa shape index (κ1) is 12.0. The van der Waals surface area contributed by atoms with E-state index in [0.29, 0.717) is 5.92 Å². The van der Waals surface area contributed by atoms with Crippen LogP contribution in [0.4, 0.5) is 0 Å². The summed E-state index contributed by atoms with van der Waals surface area (Å²) < 4.78 is 23.3. The lowest BCUT2D eigenvalue weighted by molar-refractivity contribution is 0.309. The van der Waals surface area contributed by atoms with Crippen LogP contribution in [0.3, 0.4) is 0 Å². The van der Waals surface area contributed by atoms with Gasteiger partial charge in [-0.1, -0.05) is 13.3 Å². The molecule has 1 heterocycles. The molecule has 2 nitrogen and oxygen atoms in total. The molecule has 84 valence electrons. The summed E-state index contributed by atoms with van der Waals surface area (Å²) in [6.45, 7) is 9.62. The van der Waals surface area contributed by atoms with Gasteiger partial charge in [-0.3, -0.25) is 0 Å². The van der Waals surface area contributed by atoms with Gasteiger partial charge in [0.2, 0.25) is 0 Å². The lowest BCUT2D eigenvalue weighted by Gasteiger charge is -2.44. The molecule has 0 saturated carbocycles. The predicted molar refractivity (Wildman–Crippen MR) is 60.1 cm³/mol. The first-order valence-electron chi connectivity index (χ1n) is 5.38. The Morgan fingerprint density at radius 1 is 1.07 bits per heavy atom. The summed E-state index contributed by atoms with van der Waals surface area (Å²) in [7, 11) is -2.98. The Morgan fingerprint density at radius 3 is 1.71 bits per heavy atom. The zero-order valence-electron chi connectivity index (χ0n) is 9.92. The molecule has 0 N–H and O–H groups in total. The third-order valence-electron chi connectivity index (χ3n) is 3.59. The molecule has 3 heteroatoms. The van der Waals surface area contributed by atoms with Crippen molar-refractivity contribution >= 4 is 9.84 Å². The third kappa shape index (κ3) is 1.60. The fraction of sp³-hybridized carbons (Fsp3) is 1.00. The van der Waals surface area contributed by atoms with Gasteiger partial charge in [0.15, 0.2) is 9.84 Å². The molecular weight excluding hydrogens is 196 g/mol. The average molecular weight is 218 g/mol. The Kier molecular flexibility index (Phi) is 2.77. The highest BCUT2D eigenvalue weighted by molar-refractivity contribution is 7.94. The van der Waals surface area contributed by atoms with Crippen LogP contribution in [0.2, 0.25) is 0 Å². The van der Waals surface area contributed by atoms with E-state index in [0.717, 1.165) is 19.3 Å². The molecule has 1 aliphatic heterocycles. The lowest BCUT2D eigenvalue weighted by atomic mass is 9.86. The Balaban J connectivity index is 3.13. The average Bonchev–Trinajstić information content (AvgIpc) is 1.99. The topological polar surface area (TPSA) is 34.1 Å². The quantitative estimate of drug-likeness (QED) is 0.678. The Labute approximate surface area is 88.0 Å².